The molecule has 0 radical (unpaired) electrons. The number of hydrogen-bond acceptors (Lipinski definition) is 2. The topological polar surface area (TPSA) is 45.8 Å². The Hall–Kier alpha value is -1.90. The maximum Gasteiger partial charge on any atom is 0.166 e. The van der Waals surface area contributed by atoms with E-state index >= 15 is 0 Å². The minimum atomic E-state index is 0.210. The van der Waals surface area contributed by atoms with Gasteiger partial charge in [-0.2, -0.15) is 5.10 Å². The summed E-state index contributed by atoms with van der Waals surface area (Å²) in [6.45, 7) is 2.21. The molecule has 2 aromatic rings. The van der Waals surface area contributed by atoms with E-state index in [1.54, 1.807) is 6.20 Å². The molecular weight excluding hydrogens is 248 g/mol. The van der Waals surface area contributed by atoms with E-state index in [4.69, 9.17) is 0 Å². The van der Waals surface area contributed by atoms with Crippen LogP contribution in [0.2, 0.25) is 0 Å². The Kier molecular flexibility index (Phi) is 3.68. The molecule has 3 nitrogen and oxygen atoms in total. The quantitative estimate of drug-likeness (QED) is 0.852. The lowest BCUT2D eigenvalue weighted by Crippen LogP contribution is -2.25. The molecule has 0 saturated heterocycles. The van der Waals surface area contributed by atoms with Gasteiger partial charge in [-0.05, 0) is 24.0 Å². The van der Waals surface area contributed by atoms with Crippen molar-refractivity contribution in [2.45, 2.75) is 32.6 Å². The van der Waals surface area contributed by atoms with Crippen molar-refractivity contribution in [3.05, 3.63) is 42.1 Å². The van der Waals surface area contributed by atoms with E-state index in [1.165, 1.54) is 19.3 Å². The van der Waals surface area contributed by atoms with Crippen molar-refractivity contribution in [1.29, 1.82) is 0 Å². The van der Waals surface area contributed by atoms with Crippen molar-refractivity contribution in [3.63, 3.8) is 0 Å². The average molecular weight is 268 g/mol. The van der Waals surface area contributed by atoms with Gasteiger partial charge in [-0.3, -0.25) is 9.89 Å². The second kappa shape index (κ2) is 5.61. The largest absolute Gasteiger partial charge is 0.294 e. The first kappa shape index (κ1) is 13.1. The van der Waals surface area contributed by atoms with Crippen LogP contribution in [0.1, 0.15) is 43.0 Å². The fourth-order valence-electron chi connectivity index (χ4n) is 3.15. The predicted molar refractivity (Wildman–Crippen MR) is 79.5 cm³/mol. The third-order valence-corrected chi connectivity index (χ3v) is 4.43. The van der Waals surface area contributed by atoms with E-state index in [9.17, 15) is 4.79 Å². The molecule has 2 atom stereocenters. The molecule has 1 fully saturated rings. The van der Waals surface area contributed by atoms with Gasteiger partial charge >= 0.3 is 0 Å². The Morgan fingerprint density at radius 3 is 2.55 bits per heavy atom. The third kappa shape index (κ3) is 2.53. The molecular formula is C17H20N2O. The van der Waals surface area contributed by atoms with Crippen molar-refractivity contribution < 1.29 is 4.79 Å². The number of nitrogens with zero attached hydrogens (tertiary/aromatic N) is 1. The number of rotatable bonds is 3. The number of benzene rings is 1. The lowest BCUT2D eigenvalue weighted by Gasteiger charge is -2.27. The standard InChI is InChI=1S/C17H20N2O/c1-12-4-2-3-5-15(12)17(20)14-8-6-13(7-9-14)16-10-11-18-19-16/h6-12,15H,2-5H2,1H3,(H,18,19). The van der Waals surface area contributed by atoms with Gasteiger partial charge in [-0.1, -0.05) is 50.5 Å². The molecule has 3 heteroatoms. The van der Waals surface area contributed by atoms with Crippen LogP contribution in [0.5, 0.6) is 0 Å². The van der Waals surface area contributed by atoms with Gasteiger partial charge in [0, 0.05) is 17.7 Å². The molecule has 1 heterocycles. The van der Waals surface area contributed by atoms with Crippen molar-refractivity contribution in [1.82, 2.24) is 10.2 Å². The molecule has 1 aromatic heterocycles. The summed E-state index contributed by atoms with van der Waals surface area (Å²) in [5.74, 6) is 1.04. The smallest absolute Gasteiger partial charge is 0.166 e. The fraction of sp³-hybridized carbons (Fsp3) is 0.412. The normalized spacial score (nSPS) is 22.6. The summed E-state index contributed by atoms with van der Waals surface area (Å²) in [6.07, 6.45) is 6.42. The van der Waals surface area contributed by atoms with Crippen LogP contribution in [-0.4, -0.2) is 16.0 Å². The van der Waals surface area contributed by atoms with Crippen molar-refractivity contribution >= 4 is 5.78 Å². The molecule has 1 saturated carbocycles. The molecule has 1 aromatic carbocycles. The molecule has 0 bridgehead atoms. The second-order valence-electron chi connectivity index (χ2n) is 5.78. The van der Waals surface area contributed by atoms with Gasteiger partial charge in [0.25, 0.3) is 0 Å². The highest BCUT2D eigenvalue weighted by molar-refractivity contribution is 5.98. The molecule has 2 unspecified atom stereocenters. The first-order valence-corrected chi connectivity index (χ1v) is 7.40. The molecule has 0 aliphatic heterocycles. The van der Waals surface area contributed by atoms with E-state index < -0.39 is 0 Å². The fourth-order valence-corrected chi connectivity index (χ4v) is 3.15. The summed E-state index contributed by atoms with van der Waals surface area (Å²) < 4.78 is 0. The van der Waals surface area contributed by atoms with Crippen LogP contribution in [-0.2, 0) is 0 Å². The summed E-state index contributed by atoms with van der Waals surface area (Å²) in [4.78, 5) is 12.6. The highest BCUT2D eigenvalue weighted by atomic mass is 16.1. The van der Waals surface area contributed by atoms with E-state index in [0.29, 0.717) is 11.7 Å². The van der Waals surface area contributed by atoms with Gasteiger partial charge in [0.1, 0.15) is 0 Å². The van der Waals surface area contributed by atoms with Gasteiger partial charge in [0.05, 0.1) is 5.69 Å². The van der Waals surface area contributed by atoms with Crippen LogP contribution < -0.4 is 0 Å². The van der Waals surface area contributed by atoms with Crippen LogP contribution in [0.4, 0.5) is 0 Å². The van der Waals surface area contributed by atoms with Crippen LogP contribution in [0.25, 0.3) is 11.3 Å². The van der Waals surface area contributed by atoms with Crippen LogP contribution in [0.3, 0.4) is 0 Å². The highest BCUT2D eigenvalue weighted by Crippen LogP contribution is 2.32. The lowest BCUT2D eigenvalue weighted by atomic mass is 9.76. The number of nitrogens with one attached hydrogen (secondary N) is 1. The third-order valence-electron chi connectivity index (χ3n) is 4.43. The molecule has 104 valence electrons. The Morgan fingerprint density at radius 1 is 1.15 bits per heavy atom. The first-order chi connectivity index (χ1) is 9.75. The Morgan fingerprint density at radius 2 is 1.90 bits per heavy atom. The predicted octanol–water partition coefficient (Wildman–Crippen LogP) is 4.09. The van der Waals surface area contributed by atoms with Crippen LogP contribution in [0.15, 0.2) is 36.5 Å². The van der Waals surface area contributed by atoms with Gasteiger partial charge < -0.3 is 0 Å². The van der Waals surface area contributed by atoms with Gasteiger partial charge in [0.15, 0.2) is 5.78 Å². The minimum absolute atomic E-state index is 0.210. The molecule has 1 aliphatic carbocycles. The summed E-state index contributed by atoms with van der Waals surface area (Å²) in [5.41, 5.74) is 2.89. The first-order valence-electron chi connectivity index (χ1n) is 7.40. The number of Topliss-reactive ketones (excluding diaryl/α,β-unsaturated/α-hetero) is 1. The minimum Gasteiger partial charge on any atom is -0.294 e. The number of aromatic nitrogens is 2. The SMILES string of the molecule is CC1CCCCC1C(=O)c1ccc(-c2ccn[nH]2)cc1. The molecule has 0 amide bonds. The summed E-state index contributed by atoms with van der Waals surface area (Å²) in [6, 6.07) is 9.81. The van der Waals surface area contributed by atoms with Gasteiger partial charge in [-0.15, -0.1) is 0 Å². The Balaban J connectivity index is 1.78. The maximum absolute atomic E-state index is 12.6. The number of hydrogen-bond donors (Lipinski definition) is 1. The monoisotopic (exact) mass is 268 g/mol. The summed E-state index contributed by atoms with van der Waals surface area (Å²) >= 11 is 0. The van der Waals surface area contributed by atoms with Gasteiger partial charge in [-0.25, -0.2) is 0 Å². The number of H-pyrrole nitrogens is 1. The zero-order chi connectivity index (χ0) is 13.9. The summed E-state index contributed by atoms with van der Waals surface area (Å²) in [7, 11) is 0. The lowest BCUT2D eigenvalue weighted by molar-refractivity contribution is 0.0837. The number of ketones is 1. The average Bonchev–Trinajstić information content (AvgIpc) is 3.01. The second-order valence-corrected chi connectivity index (χ2v) is 5.78. The molecule has 1 aliphatic rings. The van der Waals surface area contributed by atoms with Crippen LogP contribution >= 0.6 is 0 Å². The maximum atomic E-state index is 12.6. The van der Waals surface area contributed by atoms with E-state index in [-0.39, 0.29) is 5.92 Å². The Labute approximate surface area is 119 Å². The van der Waals surface area contributed by atoms with E-state index in [0.717, 1.165) is 23.2 Å². The number of carbonyl (C=O) groups is 1. The number of aromatic amines is 1. The molecule has 3 rings (SSSR count). The van der Waals surface area contributed by atoms with E-state index in [1.807, 2.05) is 30.3 Å². The van der Waals surface area contributed by atoms with Crippen LogP contribution in [0, 0.1) is 11.8 Å². The van der Waals surface area contributed by atoms with Gasteiger partial charge in [0.2, 0.25) is 0 Å². The van der Waals surface area contributed by atoms with E-state index in [2.05, 4.69) is 17.1 Å². The van der Waals surface area contributed by atoms with Crippen molar-refractivity contribution in [2.75, 3.05) is 0 Å². The highest BCUT2D eigenvalue weighted by Gasteiger charge is 2.28. The zero-order valence-electron chi connectivity index (χ0n) is 11.8. The molecule has 1 N–H and O–H groups in total. The molecule has 0 spiro atoms. The molecule has 20 heavy (non-hydrogen) atoms. The number of carbonyl (C=O) groups excluding carboxylic acids is 1. The van der Waals surface area contributed by atoms with Crippen molar-refractivity contribution in [2.24, 2.45) is 11.8 Å². The summed E-state index contributed by atoms with van der Waals surface area (Å²) in [5, 5.41) is 6.89. The zero-order valence-corrected chi connectivity index (χ0v) is 11.8. The van der Waals surface area contributed by atoms with Crippen molar-refractivity contribution in [3.8, 4) is 11.3 Å². The Bertz CT molecular complexity index is 572.